The Morgan fingerprint density at radius 3 is 2.65 bits per heavy atom. The molecule has 0 spiro atoms. The molecule has 3 aromatic rings. The monoisotopic (exact) mass is 349 g/mol. The van der Waals surface area contributed by atoms with E-state index in [4.69, 9.17) is 10.3 Å². The van der Waals surface area contributed by atoms with Gasteiger partial charge in [-0.2, -0.15) is 0 Å². The van der Waals surface area contributed by atoms with E-state index in [0.29, 0.717) is 22.4 Å². The van der Waals surface area contributed by atoms with Crippen molar-refractivity contribution in [3.05, 3.63) is 80.1 Å². The molecule has 0 aliphatic heterocycles. The molecule has 1 aromatic carbocycles. The maximum atomic E-state index is 12.9. The Kier molecular flexibility index (Phi) is 4.68. The molecule has 0 radical (unpaired) electrons. The number of hydrogen-bond donors (Lipinski definition) is 0. The van der Waals surface area contributed by atoms with Crippen molar-refractivity contribution in [2.24, 2.45) is 5.11 Å². The maximum Gasteiger partial charge on any atom is 0.355 e. The Hall–Kier alpha value is -3.64. The lowest BCUT2D eigenvalue weighted by Gasteiger charge is -2.18. The van der Waals surface area contributed by atoms with Gasteiger partial charge in [0.2, 0.25) is 0 Å². The average Bonchev–Trinajstić information content (AvgIpc) is 2.67. The van der Waals surface area contributed by atoms with Gasteiger partial charge < -0.3 is 4.74 Å². The van der Waals surface area contributed by atoms with Gasteiger partial charge in [0.25, 0.3) is 0 Å². The molecule has 0 amide bonds. The number of esters is 1. The molecule has 0 saturated carbocycles. The zero-order valence-corrected chi connectivity index (χ0v) is 14.2. The molecule has 0 bridgehead atoms. The number of azide groups is 1. The van der Waals surface area contributed by atoms with Gasteiger partial charge >= 0.3 is 5.97 Å². The Bertz CT molecular complexity index is 1100. The molecule has 2 aromatic heterocycles. The van der Waals surface area contributed by atoms with E-state index in [1.807, 2.05) is 18.2 Å². The molecule has 2 heterocycles. The number of fused-ring (bicyclic) bond motifs is 1. The van der Waals surface area contributed by atoms with Gasteiger partial charge in [0, 0.05) is 21.9 Å². The first-order chi connectivity index (χ1) is 12.6. The van der Waals surface area contributed by atoms with Gasteiger partial charge in [-0.3, -0.25) is 9.36 Å². The quantitative estimate of drug-likeness (QED) is 0.311. The van der Waals surface area contributed by atoms with Gasteiger partial charge in [0.05, 0.1) is 19.0 Å². The number of benzene rings is 1. The topological polar surface area (TPSA) is 110 Å². The second-order valence-corrected chi connectivity index (χ2v) is 5.53. The molecular weight excluding hydrogens is 334 g/mol. The van der Waals surface area contributed by atoms with Crippen LogP contribution in [0.5, 0.6) is 0 Å². The molecule has 26 heavy (non-hydrogen) atoms. The third kappa shape index (κ3) is 2.89. The molecule has 0 fully saturated rings. The van der Waals surface area contributed by atoms with Crippen molar-refractivity contribution in [2.75, 3.05) is 7.11 Å². The van der Waals surface area contributed by atoms with Crippen molar-refractivity contribution in [1.29, 1.82) is 0 Å². The van der Waals surface area contributed by atoms with Crippen LogP contribution in [0.1, 0.15) is 21.7 Å². The minimum absolute atomic E-state index is 0.00157. The highest BCUT2D eigenvalue weighted by molar-refractivity contribution is 5.94. The van der Waals surface area contributed by atoms with Gasteiger partial charge in [0.15, 0.2) is 5.43 Å². The highest BCUT2D eigenvalue weighted by Gasteiger charge is 2.24. The van der Waals surface area contributed by atoms with Gasteiger partial charge in [-0.05, 0) is 36.7 Å². The standard InChI is InChI=1S/C18H15N5O3/c1-11-8-9-13-16(24)14(10-20-22-19)15(18(25)26-2)23(17(13)21-11)12-6-4-3-5-7-12/h3-9H,10H2,1-2H3. The fourth-order valence-electron chi connectivity index (χ4n) is 2.79. The van der Waals surface area contributed by atoms with Crippen LogP contribution >= 0.6 is 0 Å². The van der Waals surface area contributed by atoms with Crippen LogP contribution in [0.25, 0.3) is 27.2 Å². The van der Waals surface area contributed by atoms with E-state index in [2.05, 4.69) is 15.0 Å². The van der Waals surface area contributed by atoms with Crippen LogP contribution in [0.4, 0.5) is 0 Å². The zero-order valence-electron chi connectivity index (χ0n) is 14.2. The number of rotatable bonds is 4. The summed E-state index contributed by atoms with van der Waals surface area (Å²) in [5.74, 6) is -0.709. The number of aromatic nitrogens is 2. The number of methoxy groups -OCH3 is 1. The van der Waals surface area contributed by atoms with Gasteiger partial charge in [0.1, 0.15) is 11.3 Å². The van der Waals surface area contributed by atoms with E-state index in [9.17, 15) is 9.59 Å². The van der Waals surface area contributed by atoms with E-state index in [1.54, 1.807) is 35.8 Å². The van der Waals surface area contributed by atoms with E-state index in [0.717, 1.165) is 0 Å². The first-order valence-electron chi connectivity index (χ1n) is 7.78. The van der Waals surface area contributed by atoms with Crippen LogP contribution in [0.15, 0.2) is 52.4 Å². The number of carbonyl (C=O) groups excluding carboxylic acids is 1. The summed E-state index contributed by atoms with van der Waals surface area (Å²) in [5.41, 5.74) is 9.99. The largest absolute Gasteiger partial charge is 0.464 e. The number of aryl methyl sites for hydroxylation is 1. The number of nitrogens with zero attached hydrogens (tertiary/aromatic N) is 5. The molecule has 130 valence electrons. The van der Waals surface area contributed by atoms with E-state index < -0.39 is 11.4 Å². The second-order valence-electron chi connectivity index (χ2n) is 5.53. The van der Waals surface area contributed by atoms with Crippen LogP contribution in [0, 0.1) is 6.92 Å². The molecule has 8 nitrogen and oxygen atoms in total. The summed E-state index contributed by atoms with van der Waals surface area (Å²) < 4.78 is 6.46. The van der Waals surface area contributed by atoms with Gasteiger partial charge in [-0.25, -0.2) is 9.78 Å². The number of carbonyl (C=O) groups is 1. The summed E-state index contributed by atoms with van der Waals surface area (Å²) in [6.07, 6.45) is 0. The van der Waals surface area contributed by atoms with Crippen molar-refractivity contribution in [3.63, 3.8) is 0 Å². The average molecular weight is 349 g/mol. The normalized spacial score (nSPS) is 10.4. The Morgan fingerprint density at radius 2 is 2.00 bits per heavy atom. The number of para-hydroxylation sites is 1. The number of hydrogen-bond acceptors (Lipinski definition) is 5. The lowest BCUT2D eigenvalue weighted by molar-refractivity contribution is 0.0589. The summed E-state index contributed by atoms with van der Waals surface area (Å²) in [4.78, 5) is 32.6. The molecule has 0 atom stereocenters. The molecule has 3 rings (SSSR count). The third-order valence-electron chi connectivity index (χ3n) is 3.94. The van der Waals surface area contributed by atoms with E-state index in [1.165, 1.54) is 7.11 Å². The van der Waals surface area contributed by atoms with Crippen LogP contribution in [0.2, 0.25) is 0 Å². The first-order valence-corrected chi connectivity index (χ1v) is 7.78. The van der Waals surface area contributed by atoms with Crippen molar-refractivity contribution in [3.8, 4) is 5.69 Å². The minimum Gasteiger partial charge on any atom is -0.464 e. The Labute approximate surface area is 148 Å². The first kappa shape index (κ1) is 17.2. The van der Waals surface area contributed by atoms with Crippen LogP contribution in [0.3, 0.4) is 0 Å². The van der Waals surface area contributed by atoms with Gasteiger partial charge in [-0.15, -0.1) is 0 Å². The molecular formula is C18H15N5O3. The number of pyridine rings is 2. The van der Waals surface area contributed by atoms with Crippen LogP contribution in [-0.2, 0) is 11.3 Å². The smallest absolute Gasteiger partial charge is 0.355 e. The lowest BCUT2D eigenvalue weighted by Crippen LogP contribution is -2.24. The van der Waals surface area contributed by atoms with Crippen molar-refractivity contribution in [2.45, 2.75) is 13.5 Å². The highest BCUT2D eigenvalue weighted by atomic mass is 16.5. The van der Waals surface area contributed by atoms with Crippen molar-refractivity contribution < 1.29 is 9.53 Å². The number of ether oxygens (including phenoxy) is 1. The fraction of sp³-hybridized carbons (Fsp3) is 0.167. The molecule has 0 saturated heterocycles. The minimum atomic E-state index is -0.709. The Morgan fingerprint density at radius 1 is 1.27 bits per heavy atom. The molecule has 0 aliphatic carbocycles. The SMILES string of the molecule is COC(=O)c1c(CN=[N+]=[N-])c(=O)c2ccc(C)nc2n1-c1ccccc1. The molecule has 8 heteroatoms. The predicted octanol–water partition coefficient (Wildman–Crippen LogP) is 3.29. The van der Waals surface area contributed by atoms with Crippen LogP contribution < -0.4 is 5.43 Å². The van der Waals surface area contributed by atoms with Gasteiger partial charge in [-0.1, -0.05) is 23.3 Å². The summed E-state index contributed by atoms with van der Waals surface area (Å²) >= 11 is 0. The Balaban J connectivity index is 2.56. The highest BCUT2D eigenvalue weighted by Crippen LogP contribution is 2.22. The van der Waals surface area contributed by atoms with Crippen molar-refractivity contribution in [1.82, 2.24) is 9.55 Å². The summed E-state index contributed by atoms with van der Waals surface area (Å²) in [7, 11) is 1.23. The summed E-state index contributed by atoms with van der Waals surface area (Å²) in [6.45, 7) is 1.53. The predicted molar refractivity (Wildman–Crippen MR) is 96.3 cm³/mol. The fourth-order valence-corrected chi connectivity index (χ4v) is 2.79. The lowest BCUT2D eigenvalue weighted by atomic mass is 10.1. The molecule has 0 unspecified atom stereocenters. The second kappa shape index (κ2) is 7.08. The zero-order chi connectivity index (χ0) is 18.7. The molecule has 0 N–H and O–H groups in total. The van der Waals surface area contributed by atoms with Crippen LogP contribution in [-0.4, -0.2) is 22.6 Å². The molecule has 0 aliphatic rings. The van der Waals surface area contributed by atoms with Crippen molar-refractivity contribution >= 4 is 17.0 Å². The third-order valence-corrected chi connectivity index (χ3v) is 3.94. The van der Waals surface area contributed by atoms with E-state index in [-0.39, 0.29) is 17.8 Å². The van der Waals surface area contributed by atoms with E-state index >= 15 is 0 Å². The maximum absolute atomic E-state index is 12.9. The summed E-state index contributed by atoms with van der Waals surface area (Å²) in [6, 6.07) is 12.4. The summed E-state index contributed by atoms with van der Waals surface area (Å²) in [5, 5.41) is 3.81.